The van der Waals surface area contributed by atoms with E-state index in [1.165, 1.54) is 12.1 Å². The Kier molecular flexibility index (Phi) is 4.08. The molecule has 0 radical (unpaired) electrons. The van der Waals surface area contributed by atoms with Crippen LogP contribution < -0.4 is 5.32 Å². The Hall–Kier alpha value is -1.58. The molecular formula is C14H13Cl2NO2. The quantitative estimate of drug-likeness (QED) is 0.777. The highest BCUT2D eigenvalue weighted by molar-refractivity contribution is 6.39. The van der Waals surface area contributed by atoms with Gasteiger partial charge in [-0.2, -0.15) is 0 Å². The minimum Gasteiger partial charge on any atom is -0.507 e. The van der Waals surface area contributed by atoms with E-state index in [1.807, 2.05) is 0 Å². The normalized spacial score (nSPS) is 12.2. The molecule has 5 heteroatoms. The molecule has 2 rings (SSSR count). The van der Waals surface area contributed by atoms with Gasteiger partial charge in [0.2, 0.25) is 0 Å². The SMILES string of the molecule is CC(Nc1c(Cl)cccc1Cl)c1c(O)cccc1O. The smallest absolute Gasteiger partial charge is 0.124 e. The molecule has 1 atom stereocenters. The molecule has 1 unspecified atom stereocenters. The van der Waals surface area contributed by atoms with Crippen molar-refractivity contribution in [2.24, 2.45) is 0 Å². The predicted molar refractivity (Wildman–Crippen MR) is 78.3 cm³/mol. The van der Waals surface area contributed by atoms with Crippen LogP contribution in [0.15, 0.2) is 36.4 Å². The lowest BCUT2D eigenvalue weighted by atomic mass is 10.1. The molecule has 2 aromatic carbocycles. The maximum absolute atomic E-state index is 9.81. The van der Waals surface area contributed by atoms with Gasteiger partial charge in [0.05, 0.1) is 27.3 Å². The van der Waals surface area contributed by atoms with Gasteiger partial charge in [0.15, 0.2) is 0 Å². The van der Waals surface area contributed by atoms with Crippen molar-refractivity contribution >= 4 is 28.9 Å². The minimum absolute atomic E-state index is 0.0168. The number of hydrogen-bond acceptors (Lipinski definition) is 3. The monoisotopic (exact) mass is 297 g/mol. The van der Waals surface area contributed by atoms with Crippen LogP contribution in [0.25, 0.3) is 0 Å². The molecular weight excluding hydrogens is 285 g/mol. The number of halogens is 2. The molecule has 0 saturated heterocycles. The number of para-hydroxylation sites is 1. The van der Waals surface area contributed by atoms with E-state index in [1.54, 1.807) is 31.2 Å². The van der Waals surface area contributed by atoms with E-state index in [2.05, 4.69) is 5.32 Å². The largest absolute Gasteiger partial charge is 0.507 e. The zero-order valence-electron chi connectivity index (χ0n) is 10.2. The van der Waals surface area contributed by atoms with Crippen LogP contribution in [0.4, 0.5) is 5.69 Å². The second-order valence-corrected chi connectivity index (χ2v) is 4.99. The fourth-order valence-electron chi connectivity index (χ4n) is 1.91. The van der Waals surface area contributed by atoms with E-state index in [0.29, 0.717) is 21.3 Å². The molecule has 0 amide bonds. The van der Waals surface area contributed by atoms with Crippen molar-refractivity contribution in [2.45, 2.75) is 13.0 Å². The second-order valence-electron chi connectivity index (χ2n) is 4.17. The van der Waals surface area contributed by atoms with E-state index < -0.39 is 0 Å². The summed E-state index contributed by atoms with van der Waals surface area (Å²) in [6, 6.07) is 9.43. The Bertz CT molecular complexity index is 561. The van der Waals surface area contributed by atoms with Gasteiger partial charge in [0, 0.05) is 0 Å². The average molecular weight is 298 g/mol. The average Bonchev–Trinajstić information content (AvgIpc) is 2.34. The number of rotatable bonds is 3. The van der Waals surface area contributed by atoms with E-state index in [9.17, 15) is 10.2 Å². The third-order valence-electron chi connectivity index (χ3n) is 2.82. The number of aromatic hydroxyl groups is 2. The van der Waals surface area contributed by atoms with Crippen molar-refractivity contribution in [3.63, 3.8) is 0 Å². The molecule has 0 bridgehead atoms. The standard InChI is InChI=1S/C14H13Cl2NO2/c1-8(13-11(18)6-3-7-12(13)19)17-14-9(15)4-2-5-10(14)16/h2-8,17-19H,1H3. The first-order chi connectivity index (χ1) is 9.00. The lowest BCUT2D eigenvalue weighted by molar-refractivity contribution is 0.434. The fraction of sp³-hybridized carbons (Fsp3) is 0.143. The number of hydrogen-bond donors (Lipinski definition) is 3. The molecule has 19 heavy (non-hydrogen) atoms. The first-order valence-corrected chi connectivity index (χ1v) is 6.47. The third-order valence-corrected chi connectivity index (χ3v) is 3.45. The number of phenolic OH excluding ortho intramolecular Hbond substituents is 2. The molecule has 0 saturated carbocycles. The molecule has 0 aliphatic rings. The summed E-state index contributed by atoms with van der Waals surface area (Å²) in [6.45, 7) is 1.80. The van der Waals surface area contributed by atoms with E-state index in [4.69, 9.17) is 23.2 Å². The van der Waals surface area contributed by atoms with Crippen molar-refractivity contribution in [3.05, 3.63) is 52.0 Å². The molecule has 0 fully saturated rings. The molecule has 0 heterocycles. The van der Waals surface area contributed by atoms with Crippen LogP contribution in [0.3, 0.4) is 0 Å². The zero-order valence-corrected chi connectivity index (χ0v) is 11.7. The Morgan fingerprint density at radius 1 is 0.947 bits per heavy atom. The topological polar surface area (TPSA) is 52.5 Å². The van der Waals surface area contributed by atoms with E-state index >= 15 is 0 Å². The molecule has 0 aliphatic carbocycles. The highest BCUT2D eigenvalue weighted by atomic mass is 35.5. The van der Waals surface area contributed by atoms with Crippen LogP contribution in [-0.2, 0) is 0 Å². The van der Waals surface area contributed by atoms with Gasteiger partial charge in [-0.3, -0.25) is 0 Å². The van der Waals surface area contributed by atoms with Crippen LogP contribution in [0, 0.1) is 0 Å². The van der Waals surface area contributed by atoms with Gasteiger partial charge in [0.25, 0.3) is 0 Å². The van der Waals surface area contributed by atoms with Gasteiger partial charge in [-0.25, -0.2) is 0 Å². The molecule has 100 valence electrons. The number of benzene rings is 2. The van der Waals surface area contributed by atoms with Gasteiger partial charge in [-0.05, 0) is 31.2 Å². The van der Waals surface area contributed by atoms with Gasteiger partial charge in [-0.1, -0.05) is 35.3 Å². The third kappa shape index (κ3) is 2.88. The van der Waals surface area contributed by atoms with Gasteiger partial charge in [0.1, 0.15) is 11.5 Å². The number of nitrogens with one attached hydrogen (secondary N) is 1. The Morgan fingerprint density at radius 3 is 1.95 bits per heavy atom. The predicted octanol–water partition coefficient (Wildman–Crippen LogP) is 4.58. The summed E-state index contributed by atoms with van der Waals surface area (Å²) in [5.74, 6) is 0.0337. The van der Waals surface area contributed by atoms with Crippen molar-refractivity contribution in [3.8, 4) is 11.5 Å². The Morgan fingerprint density at radius 2 is 1.42 bits per heavy atom. The minimum atomic E-state index is -0.349. The van der Waals surface area contributed by atoms with Crippen LogP contribution in [0.5, 0.6) is 11.5 Å². The summed E-state index contributed by atoms with van der Waals surface area (Å²) in [5.41, 5.74) is 0.972. The van der Waals surface area contributed by atoms with Gasteiger partial charge in [-0.15, -0.1) is 0 Å². The van der Waals surface area contributed by atoms with Crippen molar-refractivity contribution in [2.75, 3.05) is 5.32 Å². The summed E-state index contributed by atoms with van der Waals surface area (Å²) >= 11 is 12.1. The molecule has 3 nitrogen and oxygen atoms in total. The molecule has 0 aliphatic heterocycles. The van der Waals surface area contributed by atoms with Gasteiger partial charge < -0.3 is 15.5 Å². The number of phenols is 2. The van der Waals surface area contributed by atoms with Crippen molar-refractivity contribution in [1.82, 2.24) is 0 Å². The summed E-state index contributed by atoms with van der Waals surface area (Å²) in [4.78, 5) is 0. The molecule has 3 N–H and O–H groups in total. The Labute approximate surface area is 121 Å². The maximum atomic E-state index is 9.81. The van der Waals surface area contributed by atoms with Gasteiger partial charge >= 0.3 is 0 Å². The molecule has 0 aromatic heterocycles. The van der Waals surface area contributed by atoms with Crippen LogP contribution in [0.1, 0.15) is 18.5 Å². The highest BCUT2D eigenvalue weighted by Gasteiger charge is 2.17. The lowest BCUT2D eigenvalue weighted by Crippen LogP contribution is -2.08. The van der Waals surface area contributed by atoms with Crippen molar-refractivity contribution in [1.29, 1.82) is 0 Å². The summed E-state index contributed by atoms with van der Waals surface area (Å²) in [6.07, 6.45) is 0. The van der Waals surface area contributed by atoms with Crippen LogP contribution in [-0.4, -0.2) is 10.2 Å². The summed E-state index contributed by atoms with van der Waals surface area (Å²) in [5, 5.41) is 23.7. The van der Waals surface area contributed by atoms with E-state index in [-0.39, 0.29) is 17.5 Å². The van der Waals surface area contributed by atoms with E-state index in [0.717, 1.165) is 0 Å². The summed E-state index contributed by atoms with van der Waals surface area (Å²) in [7, 11) is 0. The highest BCUT2D eigenvalue weighted by Crippen LogP contribution is 2.37. The molecule has 2 aromatic rings. The number of anilines is 1. The summed E-state index contributed by atoms with van der Waals surface area (Å²) < 4.78 is 0. The molecule has 0 spiro atoms. The first kappa shape index (κ1) is 13.8. The van der Waals surface area contributed by atoms with Crippen molar-refractivity contribution < 1.29 is 10.2 Å². The van der Waals surface area contributed by atoms with Crippen LogP contribution in [0.2, 0.25) is 10.0 Å². The van der Waals surface area contributed by atoms with Crippen LogP contribution >= 0.6 is 23.2 Å². The first-order valence-electron chi connectivity index (χ1n) is 5.72. The Balaban J connectivity index is 2.34. The second kappa shape index (κ2) is 5.59. The fourth-order valence-corrected chi connectivity index (χ4v) is 2.42. The zero-order chi connectivity index (χ0) is 14.0. The lowest BCUT2D eigenvalue weighted by Gasteiger charge is -2.19. The maximum Gasteiger partial charge on any atom is 0.124 e.